The van der Waals surface area contributed by atoms with Crippen LogP contribution in [0.3, 0.4) is 0 Å². The molecule has 1 N–H and O–H groups in total. The molecule has 4 rings (SSSR count). The second kappa shape index (κ2) is 13.6. The van der Waals surface area contributed by atoms with Crippen molar-refractivity contribution in [3.05, 3.63) is 63.3 Å². The number of halogens is 2. The summed E-state index contributed by atoms with van der Waals surface area (Å²) in [5.41, 5.74) is 3.08. The summed E-state index contributed by atoms with van der Waals surface area (Å²) in [6.07, 6.45) is 5.80. The molecular formula is C27H30Br2N4O3S. The predicted octanol–water partition coefficient (Wildman–Crippen LogP) is 5.81. The van der Waals surface area contributed by atoms with E-state index < -0.39 is 0 Å². The van der Waals surface area contributed by atoms with Gasteiger partial charge in [0.05, 0.1) is 20.0 Å². The van der Waals surface area contributed by atoms with Crippen molar-refractivity contribution in [3.8, 4) is 22.6 Å². The summed E-state index contributed by atoms with van der Waals surface area (Å²) in [6.45, 7) is 3.69. The van der Waals surface area contributed by atoms with Gasteiger partial charge in [-0.3, -0.25) is 9.69 Å². The van der Waals surface area contributed by atoms with E-state index in [1.54, 1.807) is 26.6 Å². The lowest BCUT2D eigenvalue weighted by atomic mass is 9.97. The second-order valence-electron chi connectivity index (χ2n) is 8.91. The van der Waals surface area contributed by atoms with Crippen LogP contribution in [-0.4, -0.2) is 60.4 Å². The van der Waals surface area contributed by atoms with Crippen LogP contribution in [0.4, 0.5) is 0 Å². The number of ether oxygens (including phenoxy) is 2. The molecule has 3 aromatic rings. The van der Waals surface area contributed by atoms with Gasteiger partial charge in [-0.05, 0) is 92.6 Å². The zero-order chi connectivity index (χ0) is 26.2. The summed E-state index contributed by atoms with van der Waals surface area (Å²) in [6, 6.07) is 12.1. The summed E-state index contributed by atoms with van der Waals surface area (Å²) in [7, 11) is 3.22. The number of nitrogens with one attached hydrogen (secondary N) is 1. The number of piperidine rings is 1. The van der Waals surface area contributed by atoms with Crippen molar-refractivity contribution in [2.24, 2.45) is 5.92 Å². The van der Waals surface area contributed by atoms with Gasteiger partial charge in [-0.25, -0.2) is 9.97 Å². The lowest BCUT2D eigenvalue weighted by Gasteiger charge is -2.33. The van der Waals surface area contributed by atoms with Crippen LogP contribution in [0.25, 0.3) is 11.1 Å². The molecule has 0 radical (unpaired) electrons. The van der Waals surface area contributed by atoms with Gasteiger partial charge < -0.3 is 14.8 Å². The Kier molecular flexibility index (Phi) is 10.2. The Morgan fingerprint density at radius 2 is 1.84 bits per heavy atom. The van der Waals surface area contributed by atoms with E-state index in [0.29, 0.717) is 34.9 Å². The Hall–Kier alpha value is -2.14. The van der Waals surface area contributed by atoms with Crippen LogP contribution in [0.15, 0.2) is 62.9 Å². The lowest BCUT2D eigenvalue weighted by Crippen LogP contribution is -2.40. The number of nitrogens with zero attached hydrogens (tertiary/aromatic N) is 3. The molecule has 10 heteroatoms. The van der Waals surface area contributed by atoms with Crippen molar-refractivity contribution in [1.29, 1.82) is 0 Å². The van der Waals surface area contributed by atoms with Crippen LogP contribution in [0.2, 0.25) is 0 Å². The maximum Gasteiger partial charge on any atom is 0.230 e. The van der Waals surface area contributed by atoms with Crippen molar-refractivity contribution in [2.75, 3.05) is 39.6 Å². The summed E-state index contributed by atoms with van der Waals surface area (Å²) in [4.78, 5) is 23.8. The number of carbonyl (C=O) groups is 1. The largest absolute Gasteiger partial charge is 0.493 e. The highest BCUT2D eigenvalue weighted by atomic mass is 79.9. The normalized spacial score (nSPS) is 15.8. The SMILES string of the molecule is COc1ccc(-c2cnc(SCC(=O)NCC3CCCN(Cc4ccc(Br)c(Br)c4)C3)nc2)cc1OC. The Balaban J connectivity index is 1.22. The standard InChI is InChI=1S/C27H30Br2N4O3S/c1-35-24-8-6-20(11-25(24)36-2)21-13-31-27(32-14-21)37-17-26(34)30-12-19-4-3-9-33(16-19)15-18-5-7-22(28)23(29)10-18/h5-8,10-11,13-14,19H,3-4,9,12,15-17H2,1-2H3,(H,30,34). The quantitative estimate of drug-likeness (QED) is 0.220. The molecule has 196 valence electrons. The van der Waals surface area contributed by atoms with E-state index in [2.05, 4.69) is 70.2 Å². The number of amides is 1. The van der Waals surface area contributed by atoms with Crippen LogP contribution in [0, 0.1) is 5.92 Å². The molecule has 0 saturated carbocycles. The molecule has 1 unspecified atom stereocenters. The van der Waals surface area contributed by atoms with Crippen molar-refractivity contribution in [3.63, 3.8) is 0 Å². The zero-order valence-electron chi connectivity index (χ0n) is 20.9. The van der Waals surface area contributed by atoms with Gasteiger partial charge in [0.1, 0.15) is 0 Å². The van der Waals surface area contributed by atoms with E-state index in [4.69, 9.17) is 9.47 Å². The molecule has 0 bridgehead atoms. The second-order valence-corrected chi connectivity index (χ2v) is 11.6. The van der Waals surface area contributed by atoms with Crippen molar-refractivity contribution < 1.29 is 14.3 Å². The average molecular weight is 650 g/mol. The minimum Gasteiger partial charge on any atom is -0.493 e. The number of rotatable bonds is 10. The monoisotopic (exact) mass is 648 g/mol. The van der Waals surface area contributed by atoms with Gasteiger partial charge in [0.2, 0.25) is 5.91 Å². The van der Waals surface area contributed by atoms with Crippen LogP contribution in [-0.2, 0) is 11.3 Å². The van der Waals surface area contributed by atoms with Gasteiger partial charge in [0.15, 0.2) is 16.7 Å². The molecule has 1 aliphatic rings. The molecule has 7 nitrogen and oxygen atoms in total. The van der Waals surface area contributed by atoms with E-state index in [0.717, 1.165) is 52.5 Å². The summed E-state index contributed by atoms with van der Waals surface area (Å²) in [5, 5.41) is 3.68. The highest BCUT2D eigenvalue weighted by Gasteiger charge is 2.21. The molecule has 1 aromatic heterocycles. The molecule has 37 heavy (non-hydrogen) atoms. The zero-order valence-corrected chi connectivity index (χ0v) is 24.9. The van der Waals surface area contributed by atoms with Gasteiger partial charge >= 0.3 is 0 Å². The number of benzene rings is 2. The number of thioether (sulfide) groups is 1. The van der Waals surface area contributed by atoms with Crippen LogP contribution < -0.4 is 14.8 Å². The molecule has 1 fully saturated rings. The molecule has 1 amide bonds. The van der Waals surface area contributed by atoms with Gasteiger partial charge in [0, 0.05) is 46.5 Å². The molecule has 1 atom stereocenters. The van der Waals surface area contributed by atoms with Crippen LogP contribution in [0.1, 0.15) is 18.4 Å². The summed E-state index contributed by atoms with van der Waals surface area (Å²) < 4.78 is 12.8. The molecule has 0 spiro atoms. The van der Waals surface area contributed by atoms with E-state index in [1.807, 2.05) is 18.2 Å². The third-order valence-electron chi connectivity index (χ3n) is 6.26. The Morgan fingerprint density at radius 3 is 2.57 bits per heavy atom. The third kappa shape index (κ3) is 7.92. The third-order valence-corrected chi connectivity index (χ3v) is 9.01. The maximum atomic E-state index is 12.5. The van der Waals surface area contributed by atoms with Crippen molar-refractivity contribution in [1.82, 2.24) is 20.2 Å². The fourth-order valence-electron chi connectivity index (χ4n) is 4.35. The number of hydrogen-bond acceptors (Lipinski definition) is 7. The summed E-state index contributed by atoms with van der Waals surface area (Å²) in [5.74, 6) is 2.07. The first-order chi connectivity index (χ1) is 17.9. The number of likely N-dealkylation sites (tertiary alicyclic amines) is 1. The van der Waals surface area contributed by atoms with Crippen molar-refractivity contribution >= 4 is 49.5 Å². The van der Waals surface area contributed by atoms with Gasteiger partial charge in [-0.15, -0.1) is 0 Å². The molecule has 1 aliphatic heterocycles. The van der Waals surface area contributed by atoms with Crippen LogP contribution >= 0.6 is 43.6 Å². The number of carbonyl (C=O) groups excluding carboxylic acids is 1. The minimum absolute atomic E-state index is 0.00605. The smallest absolute Gasteiger partial charge is 0.230 e. The molecular weight excluding hydrogens is 620 g/mol. The van der Waals surface area contributed by atoms with Gasteiger partial charge in [-0.2, -0.15) is 0 Å². The van der Waals surface area contributed by atoms with Crippen LogP contribution in [0.5, 0.6) is 11.5 Å². The van der Waals surface area contributed by atoms with Gasteiger partial charge in [0.25, 0.3) is 0 Å². The Bertz CT molecular complexity index is 1210. The number of methoxy groups -OCH3 is 2. The fraction of sp³-hybridized carbons (Fsp3) is 0.370. The maximum absolute atomic E-state index is 12.5. The van der Waals surface area contributed by atoms with Crippen molar-refractivity contribution in [2.45, 2.75) is 24.5 Å². The number of aromatic nitrogens is 2. The average Bonchev–Trinajstić information content (AvgIpc) is 2.93. The Morgan fingerprint density at radius 1 is 1.05 bits per heavy atom. The molecule has 2 aromatic carbocycles. The molecule has 1 saturated heterocycles. The minimum atomic E-state index is 0.00605. The molecule has 2 heterocycles. The van der Waals surface area contributed by atoms with E-state index in [-0.39, 0.29) is 5.91 Å². The van der Waals surface area contributed by atoms with E-state index in [1.165, 1.54) is 17.3 Å². The fourth-order valence-corrected chi connectivity index (χ4v) is 5.64. The van der Waals surface area contributed by atoms with Gasteiger partial charge in [-0.1, -0.05) is 23.9 Å². The first-order valence-corrected chi connectivity index (χ1v) is 14.6. The molecule has 0 aliphatic carbocycles. The van der Waals surface area contributed by atoms with E-state index in [9.17, 15) is 4.79 Å². The summed E-state index contributed by atoms with van der Waals surface area (Å²) >= 11 is 8.46. The number of hydrogen-bond donors (Lipinski definition) is 1. The highest BCUT2D eigenvalue weighted by molar-refractivity contribution is 9.13. The topological polar surface area (TPSA) is 76.6 Å². The first kappa shape index (κ1) is 27.9. The lowest BCUT2D eigenvalue weighted by molar-refractivity contribution is -0.118. The van der Waals surface area contributed by atoms with E-state index >= 15 is 0 Å². The Labute approximate surface area is 239 Å². The first-order valence-electron chi connectivity index (χ1n) is 12.1. The highest BCUT2D eigenvalue weighted by Crippen LogP contribution is 2.32. The predicted molar refractivity (Wildman–Crippen MR) is 154 cm³/mol.